The van der Waals surface area contributed by atoms with Gasteiger partial charge in [0.05, 0.1) is 12.7 Å². The van der Waals surface area contributed by atoms with E-state index in [0.717, 1.165) is 19.4 Å². The van der Waals surface area contributed by atoms with Gasteiger partial charge >= 0.3 is 0 Å². The van der Waals surface area contributed by atoms with Crippen LogP contribution in [0.3, 0.4) is 0 Å². The predicted molar refractivity (Wildman–Crippen MR) is 55.9 cm³/mol. The van der Waals surface area contributed by atoms with Gasteiger partial charge in [0, 0.05) is 0 Å². The second kappa shape index (κ2) is 5.76. The van der Waals surface area contributed by atoms with Gasteiger partial charge in [-0.25, -0.2) is 0 Å². The quantitative estimate of drug-likeness (QED) is 0.673. The summed E-state index contributed by atoms with van der Waals surface area (Å²) >= 11 is 0. The summed E-state index contributed by atoms with van der Waals surface area (Å²) in [5, 5.41) is 0. The van der Waals surface area contributed by atoms with E-state index in [1.165, 1.54) is 5.56 Å². The molecule has 0 aliphatic carbocycles. The van der Waals surface area contributed by atoms with Gasteiger partial charge < -0.3 is 4.74 Å². The number of hydrogen-bond acceptors (Lipinski definition) is 1. The zero-order valence-electron chi connectivity index (χ0n) is 8.49. The van der Waals surface area contributed by atoms with Crippen LogP contribution in [0.1, 0.15) is 25.8 Å². The van der Waals surface area contributed by atoms with Crippen LogP contribution in [0.15, 0.2) is 30.3 Å². The molecule has 1 atom stereocenters. The SMILES string of the molecule is CCC(C)OCCc1ccccc1. The highest BCUT2D eigenvalue weighted by Crippen LogP contribution is 2.02. The van der Waals surface area contributed by atoms with Crippen LogP contribution in [0.5, 0.6) is 0 Å². The molecule has 0 fully saturated rings. The van der Waals surface area contributed by atoms with Crippen molar-refractivity contribution in [3.8, 4) is 0 Å². The van der Waals surface area contributed by atoms with Gasteiger partial charge in [0.25, 0.3) is 0 Å². The molecule has 0 aliphatic rings. The van der Waals surface area contributed by atoms with Crippen molar-refractivity contribution in [2.45, 2.75) is 32.8 Å². The minimum atomic E-state index is 0.392. The first kappa shape index (κ1) is 10.3. The molecule has 1 unspecified atom stereocenters. The second-order valence-corrected chi connectivity index (χ2v) is 3.33. The zero-order valence-corrected chi connectivity index (χ0v) is 8.49. The van der Waals surface area contributed by atoms with Gasteiger partial charge in [0.1, 0.15) is 0 Å². The first-order chi connectivity index (χ1) is 6.33. The summed E-state index contributed by atoms with van der Waals surface area (Å²) < 4.78 is 5.60. The van der Waals surface area contributed by atoms with Crippen molar-refractivity contribution >= 4 is 0 Å². The number of benzene rings is 1. The molecule has 0 saturated carbocycles. The molecule has 1 heteroatoms. The molecule has 1 aromatic carbocycles. The van der Waals surface area contributed by atoms with E-state index >= 15 is 0 Å². The molecule has 1 aromatic rings. The van der Waals surface area contributed by atoms with Gasteiger partial charge in [-0.3, -0.25) is 0 Å². The zero-order chi connectivity index (χ0) is 9.52. The lowest BCUT2D eigenvalue weighted by Gasteiger charge is -2.09. The van der Waals surface area contributed by atoms with E-state index in [-0.39, 0.29) is 0 Å². The van der Waals surface area contributed by atoms with Crippen molar-refractivity contribution in [3.05, 3.63) is 35.9 Å². The Balaban J connectivity index is 2.20. The monoisotopic (exact) mass is 178 g/mol. The third-order valence-corrected chi connectivity index (χ3v) is 2.21. The topological polar surface area (TPSA) is 9.23 Å². The molecule has 0 heterocycles. The van der Waals surface area contributed by atoms with Gasteiger partial charge in [0.15, 0.2) is 0 Å². The molecule has 13 heavy (non-hydrogen) atoms. The Morgan fingerprint density at radius 2 is 1.92 bits per heavy atom. The van der Waals surface area contributed by atoms with Crippen molar-refractivity contribution in [1.82, 2.24) is 0 Å². The van der Waals surface area contributed by atoms with Crippen LogP contribution in [0.25, 0.3) is 0 Å². The molecule has 0 saturated heterocycles. The molecule has 0 radical (unpaired) electrons. The normalized spacial score (nSPS) is 12.8. The van der Waals surface area contributed by atoms with Crippen LogP contribution in [0.2, 0.25) is 0 Å². The highest BCUT2D eigenvalue weighted by atomic mass is 16.5. The molecule has 72 valence electrons. The molecule has 1 rings (SSSR count). The van der Waals surface area contributed by atoms with Crippen molar-refractivity contribution in [3.63, 3.8) is 0 Å². The fourth-order valence-corrected chi connectivity index (χ4v) is 1.14. The maximum atomic E-state index is 5.60. The summed E-state index contributed by atoms with van der Waals surface area (Å²) in [6.45, 7) is 5.09. The van der Waals surface area contributed by atoms with E-state index in [4.69, 9.17) is 4.74 Å². The molecule has 0 aliphatic heterocycles. The Morgan fingerprint density at radius 3 is 2.54 bits per heavy atom. The Morgan fingerprint density at radius 1 is 1.23 bits per heavy atom. The minimum absolute atomic E-state index is 0.392. The standard InChI is InChI=1S/C12H18O/c1-3-11(2)13-10-9-12-7-5-4-6-8-12/h4-8,11H,3,9-10H2,1-2H3. The molecule has 0 amide bonds. The Kier molecular flexibility index (Phi) is 4.55. The highest BCUT2D eigenvalue weighted by Gasteiger charge is 1.97. The summed E-state index contributed by atoms with van der Waals surface area (Å²) in [5.74, 6) is 0. The fraction of sp³-hybridized carbons (Fsp3) is 0.500. The third-order valence-electron chi connectivity index (χ3n) is 2.21. The largest absolute Gasteiger partial charge is 0.378 e. The van der Waals surface area contributed by atoms with Gasteiger partial charge in [-0.05, 0) is 25.3 Å². The molecular weight excluding hydrogens is 160 g/mol. The van der Waals surface area contributed by atoms with Crippen molar-refractivity contribution < 1.29 is 4.74 Å². The lowest BCUT2D eigenvalue weighted by atomic mass is 10.2. The number of ether oxygens (including phenoxy) is 1. The Bertz CT molecular complexity index is 218. The maximum Gasteiger partial charge on any atom is 0.0544 e. The molecule has 0 N–H and O–H groups in total. The lowest BCUT2D eigenvalue weighted by Crippen LogP contribution is -2.08. The van der Waals surface area contributed by atoms with Gasteiger partial charge in [-0.2, -0.15) is 0 Å². The average Bonchev–Trinajstić information content (AvgIpc) is 2.19. The first-order valence-electron chi connectivity index (χ1n) is 4.98. The van der Waals surface area contributed by atoms with Crippen molar-refractivity contribution in [2.24, 2.45) is 0 Å². The van der Waals surface area contributed by atoms with Crippen LogP contribution in [-0.4, -0.2) is 12.7 Å². The van der Waals surface area contributed by atoms with Gasteiger partial charge in [-0.1, -0.05) is 37.3 Å². The van der Waals surface area contributed by atoms with E-state index < -0.39 is 0 Å². The van der Waals surface area contributed by atoms with E-state index in [0.29, 0.717) is 6.10 Å². The first-order valence-corrected chi connectivity index (χ1v) is 4.98. The summed E-state index contributed by atoms with van der Waals surface area (Å²) in [6, 6.07) is 10.5. The summed E-state index contributed by atoms with van der Waals surface area (Å²) in [7, 11) is 0. The third kappa shape index (κ3) is 4.09. The number of hydrogen-bond donors (Lipinski definition) is 0. The van der Waals surface area contributed by atoms with Gasteiger partial charge in [0.2, 0.25) is 0 Å². The summed E-state index contributed by atoms with van der Waals surface area (Å²) in [6.07, 6.45) is 2.50. The highest BCUT2D eigenvalue weighted by molar-refractivity contribution is 5.14. The van der Waals surface area contributed by atoms with E-state index in [1.54, 1.807) is 0 Å². The summed E-state index contributed by atoms with van der Waals surface area (Å²) in [5.41, 5.74) is 1.35. The smallest absolute Gasteiger partial charge is 0.0544 e. The fourth-order valence-electron chi connectivity index (χ4n) is 1.14. The predicted octanol–water partition coefficient (Wildman–Crippen LogP) is 3.04. The van der Waals surface area contributed by atoms with Crippen LogP contribution < -0.4 is 0 Å². The molecule has 0 aromatic heterocycles. The molecule has 0 spiro atoms. The maximum absolute atomic E-state index is 5.60. The van der Waals surface area contributed by atoms with Crippen LogP contribution >= 0.6 is 0 Å². The number of rotatable bonds is 5. The average molecular weight is 178 g/mol. The van der Waals surface area contributed by atoms with Gasteiger partial charge in [-0.15, -0.1) is 0 Å². The van der Waals surface area contributed by atoms with E-state index in [2.05, 4.69) is 38.1 Å². The van der Waals surface area contributed by atoms with E-state index in [1.807, 2.05) is 6.07 Å². The molecular formula is C12H18O. The Labute approximate surface area is 80.7 Å². The molecule has 0 bridgehead atoms. The minimum Gasteiger partial charge on any atom is -0.378 e. The van der Waals surface area contributed by atoms with Crippen LogP contribution in [0, 0.1) is 0 Å². The van der Waals surface area contributed by atoms with Crippen molar-refractivity contribution in [1.29, 1.82) is 0 Å². The van der Waals surface area contributed by atoms with Crippen LogP contribution in [0.4, 0.5) is 0 Å². The Hall–Kier alpha value is -0.820. The lowest BCUT2D eigenvalue weighted by molar-refractivity contribution is 0.0659. The van der Waals surface area contributed by atoms with Crippen molar-refractivity contribution in [2.75, 3.05) is 6.61 Å². The van der Waals surface area contributed by atoms with E-state index in [9.17, 15) is 0 Å². The second-order valence-electron chi connectivity index (χ2n) is 3.33. The van der Waals surface area contributed by atoms with Crippen LogP contribution in [-0.2, 0) is 11.2 Å². The molecule has 1 nitrogen and oxygen atoms in total. The summed E-state index contributed by atoms with van der Waals surface area (Å²) in [4.78, 5) is 0.